The highest BCUT2D eigenvalue weighted by atomic mass is 31.3. The van der Waals surface area contributed by atoms with Crippen molar-refractivity contribution >= 4 is 57.6 Å². The van der Waals surface area contributed by atoms with Crippen LogP contribution in [0.5, 0.6) is 0 Å². The molecule has 4 aromatic rings. The van der Waals surface area contributed by atoms with E-state index in [-0.39, 0.29) is 34.1 Å². The van der Waals surface area contributed by atoms with E-state index in [1.54, 1.807) is 0 Å². The fourth-order valence-electron chi connectivity index (χ4n) is 5.33. The summed E-state index contributed by atoms with van der Waals surface area (Å²) in [6, 6.07) is 0. The molecule has 2 aliphatic rings. The molecule has 6 heterocycles. The van der Waals surface area contributed by atoms with E-state index >= 15 is 4.39 Å². The molecule has 4 aromatic heterocycles. The summed E-state index contributed by atoms with van der Waals surface area (Å²) in [6.45, 7) is -2.20. The molecule has 6 rings (SSSR count). The zero-order valence-corrected chi connectivity index (χ0v) is 28.2. The van der Waals surface area contributed by atoms with Gasteiger partial charge in [-0.1, -0.05) is 4.98 Å². The molecule has 280 valence electrons. The predicted molar refractivity (Wildman–Crippen MR) is 160 cm³/mol. The minimum absolute atomic E-state index is 0.00446. The number of alkyl halides is 1. The maximum atomic E-state index is 15.1. The number of halogens is 1. The van der Waals surface area contributed by atoms with E-state index in [0.29, 0.717) is 0 Å². The van der Waals surface area contributed by atoms with Crippen LogP contribution in [-0.4, -0.2) is 114 Å². The van der Waals surface area contributed by atoms with Crippen molar-refractivity contribution in [2.24, 2.45) is 7.05 Å². The Hall–Kier alpha value is -3.36. The summed E-state index contributed by atoms with van der Waals surface area (Å²) in [5.41, 5.74) is 10.7. The lowest BCUT2D eigenvalue weighted by molar-refractivity contribution is -0.744. The molecule has 0 saturated carbocycles. The first kappa shape index (κ1) is 37.4. The Kier molecular flexibility index (Phi) is 9.94. The molecule has 11 N–H and O–H groups in total. The number of aromatic nitrogens is 8. The average molecular weight is 789 g/mol. The Balaban J connectivity index is 1.04. The Bertz CT molecular complexity index is 2170. The Morgan fingerprint density at radius 3 is 2.24 bits per heavy atom. The molecular weight excluding hydrogens is 760 g/mol. The van der Waals surface area contributed by atoms with E-state index in [9.17, 15) is 48.5 Å². The van der Waals surface area contributed by atoms with Gasteiger partial charge in [0.25, 0.3) is 11.5 Å². The number of anilines is 2. The summed E-state index contributed by atoms with van der Waals surface area (Å²) in [7, 11) is -15.9. The minimum Gasteiger partial charge on any atom is -0.387 e. The fourth-order valence-corrected chi connectivity index (χ4v) is 8.85. The van der Waals surface area contributed by atoms with Crippen molar-refractivity contribution in [2.75, 3.05) is 24.7 Å². The number of nitrogens with two attached hydrogens (primary N) is 2. The maximum Gasteiger partial charge on any atom is 0.490 e. The number of aliphatic hydroxyl groups is 3. The molecule has 0 aromatic carbocycles. The number of aryl methyl sites for hydroxylation is 1. The lowest BCUT2D eigenvalue weighted by Gasteiger charge is -2.21. The number of phosphoric ester groups is 2. The zero-order valence-electron chi connectivity index (χ0n) is 25.5. The van der Waals surface area contributed by atoms with Crippen LogP contribution in [0.1, 0.15) is 12.5 Å². The summed E-state index contributed by atoms with van der Waals surface area (Å²) < 4.78 is 84.0. The van der Waals surface area contributed by atoms with Crippen LogP contribution in [0.3, 0.4) is 0 Å². The third kappa shape index (κ3) is 7.46. The van der Waals surface area contributed by atoms with Gasteiger partial charge < -0.3 is 50.9 Å². The van der Waals surface area contributed by atoms with Gasteiger partial charge in [-0.2, -0.15) is 8.62 Å². The number of aromatic amines is 1. The number of nitrogens with zero attached hydrogens (tertiary/aromatic N) is 7. The third-order valence-corrected chi connectivity index (χ3v) is 11.8. The van der Waals surface area contributed by atoms with Crippen LogP contribution in [0.25, 0.3) is 22.3 Å². The van der Waals surface area contributed by atoms with E-state index in [4.69, 9.17) is 20.9 Å². The average Bonchev–Trinajstić information content (AvgIpc) is 3.74. The van der Waals surface area contributed by atoms with Gasteiger partial charge in [-0.3, -0.25) is 28.0 Å². The lowest BCUT2D eigenvalue weighted by atomic mass is 10.1. The first-order valence-corrected chi connectivity index (χ1v) is 18.6. The summed E-state index contributed by atoms with van der Waals surface area (Å²) in [5, 5.41) is 31.3. The number of rotatable bonds is 12. The van der Waals surface area contributed by atoms with E-state index in [1.807, 2.05) is 0 Å². The number of nitrogens with one attached hydrogen (secondary N) is 1. The van der Waals surface area contributed by atoms with Gasteiger partial charge in [0.2, 0.25) is 11.7 Å². The molecule has 11 atom stereocenters. The monoisotopic (exact) mass is 789 g/mol. The number of imidazole rings is 2. The molecule has 30 heteroatoms. The second-order valence-electron chi connectivity index (χ2n) is 11.0. The molecule has 0 aliphatic carbocycles. The molecule has 2 saturated heterocycles. The molecule has 0 radical (unpaired) electrons. The van der Waals surface area contributed by atoms with Crippen LogP contribution < -0.4 is 21.6 Å². The zero-order chi connectivity index (χ0) is 37.2. The number of H-pyrrole nitrogens is 1. The van der Waals surface area contributed by atoms with Crippen LogP contribution in [0.2, 0.25) is 0 Å². The van der Waals surface area contributed by atoms with E-state index in [0.717, 1.165) is 10.9 Å². The standard InChI is InChI=1S/C21H28FN10O16P3/c1-30-6-32(17-11(30)18(36)29-21(24)28-17)19-9(22)12(33)7(45-19)2-43-49(37,38)47-51(41,42)48-50(39,40)44-3-8-13(34)14(35)20(46-8)31-5-27-10-15(23)25-4-26-16(10)31/h4-9,12-14,19-20,33-35H,2-3H2,1H3,(H7-,23,24,25,26,28,29,36,37,38,39,40,41,42)/p+1/t7-,8-,9+,12?,13?,14+,19-,20-/m1/s1. The topological polar surface area (TPSA) is 378 Å². The highest BCUT2D eigenvalue weighted by Crippen LogP contribution is 2.67. The second kappa shape index (κ2) is 13.6. The van der Waals surface area contributed by atoms with Crippen molar-refractivity contribution in [1.29, 1.82) is 0 Å². The van der Waals surface area contributed by atoms with Crippen molar-refractivity contribution in [3.05, 3.63) is 29.3 Å². The maximum absolute atomic E-state index is 15.1. The summed E-state index contributed by atoms with van der Waals surface area (Å²) in [5.74, 6) is -0.309. The van der Waals surface area contributed by atoms with Crippen molar-refractivity contribution in [2.45, 2.75) is 49.1 Å². The normalized spacial score (nSPS) is 30.4. The number of nitrogen functional groups attached to an aromatic ring is 2. The van der Waals surface area contributed by atoms with Gasteiger partial charge in [0.05, 0.1) is 26.6 Å². The first-order valence-electron chi connectivity index (χ1n) is 14.2. The third-order valence-electron chi connectivity index (χ3n) is 7.57. The predicted octanol–water partition coefficient (Wildman–Crippen LogP) is -2.86. The molecule has 0 spiro atoms. The molecule has 0 amide bonds. The van der Waals surface area contributed by atoms with Crippen LogP contribution >= 0.6 is 23.5 Å². The van der Waals surface area contributed by atoms with E-state index in [1.165, 1.54) is 28.8 Å². The molecule has 5 unspecified atom stereocenters. The Labute approximate surface area is 281 Å². The highest BCUT2D eigenvalue weighted by molar-refractivity contribution is 7.66. The van der Waals surface area contributed by atoms with Crippen LogP contribution in [0.15, 0.2) is 23.8 Å². The van der Waals surface area contributed by atoms with Crippen LogP contribution in [-0.2, 0) is 47.9 Å². The molecule has 51 heavy (non-hydrogen) atoms. The highest BCUT2D eigenvalue weighted by Gasteiger charge is 2.51. The van der Waals surface area contributed by atoms with Gasteiger partial charge in [-0.05, 0) is 0 Å². The van der Waals surface area contributed by atoms with Gasteiger partial charge in [-0.25, -0.2) is 37.6 Å². The largest absolute Gasteiger partial charge is 0.490 e. The van der Waals surface area contributed by atoms with E-state index in [2.05, 4.69) is 42.6 Å². The number of hydrogen-bond acceptors (Lipinski definition) is 19. The van der Waals surface area contributed by atoms with Gasteiger partial charge in [0.15, 0.2) is 30.2 Å². The molecular formula is C21H29FN10O16P3+. The Morgan fingerprint density at radius 2 is 1.59 bits per heavy atom. The molecule has 2 aliphatic heterocycles. The van der Waals surface area contributed by atoms with E-state index < -0.39 is 91.4 Å². The van der Waals surface area contributed by atoms with Gasteiger partial charge in [0.1, 0.15) is 42.4 Å². The molecule has 0 bridgehead atoms. The van der Waals surface area contributed by atoms with Crippen molar-refractivity contribution in [3.63, 3.8) is 0 Å². The SMILES string of the molecule is Cn1c[n+]([C@@H]2O[C@H](COP(=O)(O)OP(=O)(O)OP(=O)(O)OC[C@H]3O[C@@H](n4cnc5c(N)ncnc54)[C@@H](O)C3O)C(O)[C@@H]2F)c2nc(N)[nH]c(=O)c21. The number of aliphatic hydroxyl groups excluding tert-OH is 3. The van der Waals surface area contributed by atoms with Crippen molar-refractivity contribution < 1.29 is 79.8 Å². The van der Waals surface area contributed by atoms with Gasteiger partial charge in [-0.15, -0.1) is 0 Å². The minimum atomic E-state index is -6.00. The summed E-state index contributed by atoms with van der Waals surface area (Å²) in [6.07, 6.45) is -10.5. The number of hydrogen-bond donors (Lipinski definition) is 9. The Morgan fingerprint density at radius 1 is 0.961 bits per heavy atom. The summed E-state index contributed by atoms with van der Waals surface area (Å²) in [4.78, 5) is 60.2. The number of phosphoric acid groups is 3. The van der Waals surface area contributed by atoms with Crippen molar-refractivity contribution in [1.82, 2.24) is 34.1 Å². The number of fused-ring (bicyclic) bond motifs is 2. The second-order valence-corrected chi connectivity index (χ2v) is 15.7. The molecule has 2 fully saturated rings. The smallest absolute Gasteiger partial charge is 0.387 e. The lowest BCUT2D eigenvalue weighted by Crippen LogP contribution is -2.44. The first-order chi connectivity index (χ1) is 23.8. The summed E-state index contributed by atoms with van der Waals surface area (Å²) >= 11 is 0. The van der Waals surface area contributed by atoms with Gasteiger partial charge >= 0.3 is 29.1 Å². The van der Waals surface area contributed by atoms with Crippen molar-refractivity contribution in [3.8, 4) is 0 Å². The fraction of sp³-hybridized carbons (Fsp3) is 0.524. The van der Waals surface area contributed by atoms with Crippen LogP contribution in [0, 0.1) is 0 Å². The quantitative estimate of drug-likeness (QED) is 0.0514. The van der Waals surface area contributed by atoms with Crippen LogP contribution in [0.4, 0.5) is 16.2 Å². The van der Waals surface area contributed by atoms with Gasteiger partial charge in [0, 0.05) is 0 Å². The molecule has 26 nitrogen and oxygen atoms in total. The number of ether oxygens (including phenoxy) is 2.